The minimum atomic E-state index is -0.999. The van der Waals surface area contributed by atoms with Gasteiger partial charge >= 0.3 is 17.9 Å². The minimum Gasteiger partial charge on any atom is -0.481 e. The van der Waals surface area contributed by atoms with E-state index in [9.17, 15) is 29.1 Å². The molecule has 12 heteroatoms. The van der Waals surface area contributed by atoms with Crippen LogP contribution in [-0.4, -0.2) is 144 Å². The van der Waals surface area contributed by atoms with E-state index in [1.165, 1.54) is 13.8 Å². The number of ether oxygens (including phenoxy) is 2. The van der Waals surface area contributed by atoms with Gasteiger partial charge in [-0.05, 0) is 47.5 Å². The van der Waals surface area contributed by atoms with Crippen molar-refractivity contribution in [3.05, 3.63) is 0 Å². The topological polar surface area (TPSA) is 137 Å². The SMILES string of the molecule is CCCCOC(=O)[C@@H](CCC(=O)O)N1CCN(CC(C)=O)CCN(CC(C)=O)CCN(CC(=O)OC(C)(C)C)CC1. The molecule has 41 heavy (non-hydrogen) atoms. The Morgan fingerprint density at radius 2 is 1.24 bits per heavy atom. The van der Waals surface area contributed by atoms with Gasteiger partial charge in [0.25, 0.3) is 0 Å². The maximum Gasteiger partial charge on any atom is 0.323 e. The highest BCUT2D eigenvalue weighted by Crippen LogP contribution is 2.13. The average molecular weight is 585 g/mol. The smallest absolute Gasteiger partial charge is 0.323 e. The minimum absolute atomic E-state index is 0.00620. The molecule has 1 rings (SSSR count). The van der Waals surface area contributed by atoms with E-state index in [2.05, 4.69) is 0 Å². The fraction of sp³-hybridized carbons (Fsp3) is 0.828. The summed E-state index contributed by atoms with van der Waals surface area (Å²) in [5, 5.41) is 9.37. The van der Waals surface area contributed by atoms with Gasteiger partial charge in [0.05, 0.1) is 26.2 Å². The molecule has 1 saturated heterocycles. The van der Waals surface area contributed by atoms with Crippen molar-refractivity contribution < 1.29 is 38.6 Å². The molecule has 236 valence electrons. The third kappa shape index (κ3) is 17.2. The zero-order chi connectivity index (χ0) is 31.0. The van der Waals surface area contributed by atoms with Gasteiger partial charge in [-0.1, -0.05) is 13.3 Å². The first kappa shape index (κ1) is 36.6. The van der Waals surface area contributed by atoms with E-state index in [0.717, 1.165) is 6.42 Å². The number of unbranched alkanes of at least 4 members (excludes halogenated alkanes) is 1. The summed E-state index contributed by atoms with van der Waals surface area (Å²) in [5.74, 6) is -1.80. The van der Waals surface area contributed by atoms with Crippen LogP contribution in [0.3, 0.4) is 0 Å². The molecule has 0 radical (unpaired) electrons. The molecule has 0 aromatic heterocycles. The molecule has 1 aliphatic heterocycles. The van der Waals surface area contributed by atoms with Crippen LogP contribution in [0.4, 0.5) is 0 Å². The van der Waals surface area contributed by atoms with E-state index in [1.807, 2.05) is 47.3 Å². The van der Waals surface area contributed by atoms with Crippen LogP contribution in [0, 0.1) is 0 Å². The quantitative estimate of drug-likeness (QED) is 0.233. The molecule has 1 heterocycles. The van der Waals surface area contributed by atoms with Crippen LogP contribution in [0.1, 0.15) is 67.2 Å². The van der Waals surface area contributed by atoms with Crippen LogP contribution in [0.5, 0.6) is 0 Å². The summed E-state index contributed by atoms with van der Waals surface area (Å²) in [4.78, 5) is 69.2. The molecule has 0 unspecified atom stereocenters. The van der Waals surface area contributed by atoms with Crippen LogP contribution in [0.2, 0.25) is 0 Å². The monoisotopic (exact) mass is 584 g/mol. The molecule has 1 aliphatic rings. The Labute approximate surface area is 245 Å². The van der Waals surface area contributed by atoms with Gasteiger partial charge in [-0.25, -0.2) is 0 Å². The second-order valence-corrected chi connectivity index (χ2v) is 11.8. The Bertz CT molecular complexity index is 860. The van der Waals surface area contributed by atoms with Gasteiger partial charge < -0.3 is 14.6 Å². The molecule has 0 aromatic carbocycles. The number of esters is 2. The molecule has 1 atom stereocenters. The maximum atomic E-state index is 13.2. The maximum absolute atomic E-state index is 13.2. The van der Waals surface area contributed by atoms with E-state index in [0.29, 0.717) is 58.8 Å². The Morgan fingerprint density at radius 1 is 0.780 bits per heavy atom. The van der Waals surface area contributed by atoms with Crippen LogP contribution in [-0.2, 0) is 33.4 Å². The zero-order valence-electron chi connectivity index (χ0n) is 26.0. The van der Waals surface area contributed by atoms with E-state index < -0.39 is 23.6 Å². The van der Waals surface area contributed by atoms with Gasteiger partial charge in [0.2, 0.25) is 0 Å². The van der Waals surface area contributed by atoms with Crippen LogP contribution < -0.4 is 0 Å². The second kappa shape index (κ2) is 18.9. The van der Waals surface area contributed by atoms with Crippen LogP contribution >= 0.6 is 0 Å². The van der Waals surface area contributed by atoms with Gasteiger partial charge in [-0.15, -0.1) is 0 Å². The van der Waals surface area contributed by atoms with Gasteiger partial charge in [0, 0.05) is 58.8 Å². The number of hydrogen-bond acceptors (Lipinski definition) is 11. The summed E-state index contributed by atoms with van der Waals surface area (Å²) >= 11 is 0. The number of carboxylic acids is 1. The van der Waals surface area contributed by atoms with Gasteiger partial charge in [-0.2, -0.15) is 0 Å². The number of carboxylic acid groups (broad SMARTS) is 1. The first-order valence-corrected chi connectivity index (χ1v) is 14.7. The molecular weight excluding hydrogens is 532 g/mol. The molecule has 0 aliphatic carbocycles. The van der Waals surface area contributed by atoms with Crippen LogP contribution in [0.25, 0.3) is 0 Å². The zero-order valence-corrected chi connectivity index (χ0v) is 26.0. The van der Waals surface area contributed by atoms with E-state index in [1.54, 1.807) is 0 Å². The van der Waals surface area contributed by atoms with Crippen molar-refractivity contribution in [1.82, 2.24) is 19.6 Å². The number of rotatable bonds is 14. The first-order chi connectivity index (χ1) is 19.2. The number of Topliss-reactive ketones (excluding diaryl/α,β-unsaturated/α-hetero) is 2. The molecular formula is C29H52N4O8. The lowest BCUT2D eigenvalue weighted by Crippen LogP contribution is -2.52. The summed E-state index contributed by atoms with van der Waals surface area (Å²) in [7, 11) is 0. The Morgan fingerprint density at radius 3 is 1.66 bits per heavy atom. The molecule has 0 saturated carbocycles. The Kier molecular flexibility index (Phi) is 16.9. The van der Waals surface area contributed by atoms with Crippen molar-refractivity contribution in [2.24, 2.45) is 0 Å². The number of aliphatic carboxylic acids is 1. The van der Waals surface area contributed by atoms with E-state index in [4.69, 9.17) is 9.47 Å². The molecule has 0 aromatic rings. The van der Waals surface area contributed by atoms with E-state index >= 15 is 0 Å². The van der Waals surface area contributed by atoms with Crippen molar-refractivity contribution in [2.45, 2.75) is 78.9 Å². The van der Waals surface area contributed by atoms with Gasteiger partial charge in [-0.3, -0.25) is 43.6 Å². The number of carbonyl (C=O) groups is 5. The molecule has 1 N–H and O–H groups in total. The highest BCUT2D eigenvalue weighted by atomic mass is 16.6. The Hall–Kier alpha value is -2.41. The molecule has 1 fully saturated rings. The van der Waals surface area contributed by atoms with Crippen molar-refractivity contribution in [2.75, 3.05) is 78.6 Å². The fourth-order valence-electron chi connectivity index (χ4n) is 4.65. The summed E-state index contributed by atoms with van der Waals surface area (Å²) < 4.78 is 11.1. The molecule has 0 bridgehead atoms. The fourth-order valence-corrected chi connectivity index (χ4v) is 4.65. The lowest BCUT2D eigenvalue weighted by atomic mass is 10.1. The number of hydrogen-bond donors (Lipinski definition) is 1. The standard InChI is InChI=1S/C29H52N4O8/c1-7-8-19-40-28(39)25(9-10-26(36)37)33-17-15-31(21-24(3)35)12-11-30(20-23(2)34)13-14-32(16-18-33)22-27(38)41-29(4,5)6/h25H,7-22H2,1-6H3,(H,36,37)/t25-/m1/s1. The summed E-state index contributed by atoms with van der Waals surface area (Å²) in [5.41, 5.74) is -0.638. The lowest BCUT2D eigenvalue weighted by Gasteiger charge is -2.36. The third-order valence-electron chi connectivity index (χ3n) is 6.62. The first-order valence-electron chi connectivity index (χ1n) is 14.7. The summed E-state index contributed by atoms with van der Waals surface area (Å²) in [6, 6.07) is -0.775. The van der Waals surface area contributed by atoms with Gasteiger partial charge in [0.15, 0.2) is 0 Å². The van der Waals surface area contributed by atoms with Crippen molar-refractivity contribution in [1.29, 1.82) is 0 Å². The highest BCUT2D eigenvalue weighted by Gasteiger charge is 2.30. The molecule has 0 amide bonds. The lowest BCUT2D eigenvalue weighted by molar-refractivity contribution is -0.157. The summed E-state index contributed by atoms with van der Waals surface area (Å²) in [6.07, 6.45) is 1.47. The van der Waals surface area contributed by atoms with Crippen molar-refractivity contribution >= 4 is 29.5 Å². The summed E-state index contributed by atoms with van der Waals surface area (Å²) in [6.45, 7) is 15.0. The largest absolute Gasteiger partial charge is 0.481 e. The van der Waals surface area contributed by atoms with Crippen LogP contribution in [0.15, 0.2) is 0 Å². The molecule has 12 nitrogen and oxygen atoms in total. The van der Waals surface area contributed by atoms with E-state index in [-0.39, 0.29) is 56.6 Å². The second-order valence-electron chi connectivity index (χ2n) is 11.8. The predicted octanol–water partition coefficient (Wildman–Crippen LogP) is 1.30. The van der Waals surface area contributed by atoms with Gasteiger partial charge in [0.1, 0.15) is 23.2 Å². The Balaban J connectivity index is 3.28. The number of carbonyl (C=O) groups excluding carboxylic acids is 4. The average Bonchev–Trinajstić information content (AvgIpc) is 2.83. The number of nitrogens with zero attached hydrogens (tertiary/aromatic N) is 4. The normalized spacial score (nSPS) is 18.1. The van der Waals surface area contributed by atoms with Crippen molar-refractivity contribution in [3.8, 4) is 0 Å². The third-order valence-corrected chi connectivity index (χ3v) is 6.62. The van der Waals surface area contributed by atoms with Crippen molar-refractivity contribution in [3.63, 3.8) is 0 Å². The number of ketones is 2. The molecule has 0 spiro atoms. The predicted molar refractivity (Wildman–Crippen MR) is 155 cm³/mol. The highest BCUT2D eigenvalue weighted by molar-refractivity contribution is 5.78.